The van der Waals surface area contributed by atoms with Gasteiger partial charge in [-0.1, -0.05) is 23.9 Å². The van der Waals surface area contributed by atoms with Crippen molar-refractivity contribution >= 4 is 23.5 Å². The lowest BCUT2D eigenvalue weighted by Crippen LogP contribution is -2.32. The molecule has 32 heavy (non-hydrogen) atoms. The van der Waals surface area contributed by atoms with E-state index in [1.807, 2.05) is 36.5 Å². The molecule has 1 aliphatic rings. The van der Waals surface area contributed by atoms with Crippen LogP contribution < -0.4 is 20.1 Å². The molecule has 0 spiro atoms. The van der Waals surface area contributed by atoms with Crippen LogP contribution in [0, 0.1) is 0 Å². The summed E-state index contributed by atoms with van der Waals surface area (Å²) in [5, 5.41) is 0. The number of nitrogens with two attached hydrogens (primary N) is 1. The summed E-state index contributed by atoms with van der Waals surface area (Å²) in [6.07, 6.45) is 4.65. The predicted molar refractivity (Wildman–Crippen MR) is 126 cm³/mol. The Hall–Kier alpha value is -3.04. The van der Waals surface area contributed by atoms with Crippen molar-refractivity contribution in [2.45, 2.75) is 28.9 Å². The maximum Gasteiger partial charge on any atom is 0.232 e. The predicted octanol–water partition coefficient (Wildman–Crippen LogP) is 3.33. The van der Waals surface area contributed by atoms with Gasteiger partial charge in [0.2, 0.25) is 11.8 Å². The van der Waals surface area contributed by atoms with E-state index < -0.39 is 0 Å². The number of nitrogen functional groups attached to an aromatic ring is 1. The van der Waals surface area contributed by atoms with Gasteiger partial charge in [0.15, 0.2) is 0 Å². The summed E-state index contributed by atoms with van der Waals surface area (Å²) in [5.74, 6) is 2.52. The second-order valence-corrected chi connectivity index (χ2v) is 8.97. The molecular weight excluding hydrogens is 424 g/mol. The highest BCUT2D eigenvalue weighted by Gasteiger charge is 2.26. The number of likely N-dealkylation sites (N-methyl/N-ethyl adjacent to an activating group) is 1. The molecule has 1 aromatic carbocycles. The Bertz CT molecular complexity index is 1050. The zero-order chi connectivity index (χ0) is 22.5. The van der Waals surface area contributed by atoms with Crippen LogP contribution in [0.1, 0.15) is 12.0 Å². The standard InChI is InChI=1S/C23H28N6O2S/c1-28(2)17-9-10-29(14-17)23-26-13-20(32-19-7-8-21(24)25-12-19)22(27-23)31-15-16-5-4-6-18(11-16)30-3/h4-8,11-13,17H,9-10,14-15H2,1-3H3,(H2,24,25)/t17-/m1/s1. The largest absolute Gasteiger partial charge is 0.497 e. The molecule has 0 bridgehead atoms. The fraction of sp³-hybridized carbons (Fsp3) is 0.348. The first-order valence-corrected chi connectivity index (χ1v) is 11.3. The van der Waals surface area contributed by atoms with E-state index in [1.54, 1.807) is 19.4 Å². The van der Waals surface area contributed by atoms with Crippen molar-refractivity contribution in [3.63, 3.8) is 0 Å². The topological polar surface area (TPSA) is 89.6 Å². The molecule has 8 nitrogen and oxygen atoms in total. The average molecular weight is 453 g/mol. The molecule has 4 rings (SSSR count). The maximum atomic E-state index is 6.18. The first kappa shape index (κ1) is 22.2. The summed E-state index contributed by atoms with van der Waals surface area (Å²) < 4.78 is 11.5. The van der Waals surface area contributed by atoms with Crippen molar-refractivity contribution in [1.82, 2.24) is 19.9 Å². The number of benzene rings is 1. The second-order valence-electron chi connectivity index (χ2n) is 7.85. The lowest BCUT2D eigenvalue weighted by molar-refractivity contribution is 0.284. The summed E-state index contributed by atoms with van der Waals surface area (Å²) in [6.45, 7) is 2.20. The van der Waals surface area contributed by atoms with E-state index in [2.05, 4.69) is 33.9 Å². The summed E-state index contributed by atoms with van der Waals surface area (Å²) in [4.78, 5) is 19.8. The number of pyridine rings is 1. The number of aromatic nitrogens is 3. The third-order valence-electron chi connectivity index (χ3n) is 5.38. The van der Waals surface area contributed by atoms with Gasteiger partial charge in [-0.15, -0.1) is 0 Å². The van der Waals surface area contributed by atoms with Gasteiger partial charge in [-0.05, 0) is 50.3 Å². The van der Waals surface area contributed by atoms with Gasteiger partial charge in [0.1, 0.15) is 18.2 Å². The summed E-state index contributed by atoms with van der Waals surface area (Å²) >= 11 is 1.50. The van der Waals surface area contributed by atoms with Gasteiger partial charge in [-0.2, -0.15) is 4.98 Å². The monoisotopic (exact) mass is 452 g/mol. The Morgan fingerprint density at radius 2 is 2.06 bits per heavy atom. The van der Waals surface area contributed by atoms with Gasteiger partial charge in [0.25, 0.3) is 0 Å². The van der Waals surface area contributed by atoms with Crippen LogP contribution in [0.2, 0.25) is 0 Å². The number of methoxy groups -OCH3 is 1. The van der Waals surface area contributed by atoms with Crippen molar-refractivity contribution in [2.75, 3.05) is 44.9 Å². The molecule has 0 aliphatic carbocycles. The molecule has 0 saturated carbocycles. The van der Waals surface area contributed by atoms with Crippen LogP contribution >= 0.6 is 11.8 Å². The molecule has 1 fully saturated rings. The third kappa shape index (κ3) is 5.41. The van der Waals surface area contributed by atoms with Crippen molar-refractivity contribution < 1.29 is 9.47 Å². The zero-order valence-electron chi connectivity index (χ0n) is 18.6. The van der Waals surface area contributed by atoms with Gasteiger partial charge in [-0.25, -0.2) is 9.97 Å². The highest BCUT2D eigenvalue weighted by Crippen LogP contribution is 2.35. The molecule has 3 heterocycles. The second kappa shape index (κ2) is 10.1. The number of nitrogens with zero attached hydrogens (tertiary/aromatic N) is 5. The smallest absolute Gasteiger partial charge is 0.232 e. The fourth-order valence-electron chi connectivity index (χ4n) is 3.51. The van der Waals surface area contributed by atoms with Crippen LogP contribution in [0.5, 0.6) is 11.6 Å². The minimum absolute atomic E-state index is 0.377. The van der Waals surface area contributed by atoms with E-state index in [-0.39, 0.29) is 0 Å². The van der Waals surface area contributed by atoms with Gasteiger partial charge < -0.3 is 25.0 Å². The average Bonchev–Trinajstić information content (AvgIpc) is 3.31. The summed E-state index contributed by atoms with van der Waals surface area (Å²) in [6, 6.07) is 12.0. The molecule has 0 radical (unpaired) electrons. The quantitative estimate of drug-likeness (QED) is 0.553. The molecule has 2 aromatic heterocycles. The van der Waals surface area contributed by atoms with Crippen molar-refractivity contribution in [3.05, 3.63) is 54.4 Å². The van der Waals surface area contributed by atoms with Crippen LogP contribution in [0.4, 0.5) is 11.8 Å². The van der Waals surface area contributed by atoms with Crippen LogP contribution in [0.3, 0.4) is 0 Å². The number of hydrogen-bond acceptors (Lipinski definition) is 9. The Balaban J connectivity index is 1.57. The highest BCUT2D eigenvalue weighted by molar-refractivity contribution is 7.99. The lowest BCUT2D eigenvalue weighted by Gasteiger charge is -2.21. The minimum Gasteiger partial charge on any atom is -0.497 e. The number of anilines is 2. The van der Waals surface area contributed by atoms with E-state index in [9.17, 15) is 0 Å². The van der Waals surface area contributed by atoms with Crippen molar-refractivity contribution in [3.8, 4) is 11.6 Å². The van der Waals surface area contributed by atoms with Crippen LogP contribution in [0.15, 0.2) is 58.6 Å². The van der Waals surface area contributed by atoms with E-state index in [1.165, 1.54) is 11.8 Å². The third-order valence-corrected chi connectivity index (χ3v) is 6.36. The van der Waals surface area contributed by atoms with Crippen molar-refractivity contribution in [2.24, 2.45) is 0 Å². The molecule has 1 atom stereocenters. The summed E-state index contributed by atoms with van der Waals surface area (Å²) in [7, 11) is 5.87. The van der Waals surface area contributed by atoms with E-state index in [4.69, 9.17) is 20.2 Å². The molecule has 9 heteroatoms. The number of ether oxygens (including phenoxy) is 2. The number of rotatable bonds is 8. The normalized spacial score (nSPS) is 15.9. The lowest BCUT2D eigenvalue weighted by atomic mass is 10.2. The van der Waals surface area contributed by atoms with E-state index in [0.717, 1.165) is 40.6 Å². The first-order valence-electron chi connectivity index (χ1n) is 10.5. The Morgan fingerprint density at radius 3 is 2.78 bits per heavy atom. The Morgan fingerprint density at radius 1 is 1.19 bits per heavy atom. The van der Waals surface area contributed by atoms with Crippen LogP contribution in [-0.4, -0.2) is 60.2 Å². The molecular formula is C23H28N6O2S. The van der Waals surface area contributed by atoms with Crippen LogP contribution in [0.25, 0.3) is 0 Å². The summed E-state index contributed by atoms with van der Waals surface area (Å²) in [5.41, 5.74) is 6.72. The Labute approximate surface area is 192 Å². The minimum atomic E-state index is 0.377. The molecule has 0 unspecified atom stereocenters. The zero-order valence-corrected chi connectivity index (χ0v) is 19.4. The van der Waals surface area contributed by atoms with Gasteiger partial charge in [0.05, 0.1) is 18.2 Å². The van der Waals surface area contributed by atoms with E-state index >= 15 is 0 Å². The molecule has 168 valence electrons. The van der Waals surface area contributed by atoms with Crippen LogP contribution in [-0.2, 0) is 6.61 Å². The fourth-order valence-corrected chi connectivity index (χ4v) is 4.30. The molecule has 2 N–H and O–H groups in total. The van der Waals surface area contributed by atoms with Gasteiger partial charge >= 0.3 is 0 Å². The Kier molecular flexibility index (Phi) is 6.96. The van der Waals surface area contributed by atoms with Gasteiger partial charge in [0, 0.05) is 30.2 Å². The molecule has 3 aromatic rings. The SMILES string of the molecule is COc1cccc(COc2nc(N3CC[C@@H](N(C)C)C3)ncc2Sc2ccc(N)nc2)c1. The van der Waals surface area contributed by atoms with E-state index in [0.29, 0.717) is 30.3 Å². The number of hydrogen-bond donors (Lipinski definition) is 1. The molecule has 1 saturated heterocycles. The van der Waals surface area contributed by atoms with Gasteiger partial charge in [-0.3, -0.25) is 0 Å². The molecule has 0 amide bonds. The highest BCUT2D eigenvalue weighted by atomic mass is 32.2. The van der Waals surface area contributed by atoms with Crippen molar-refractivity contribution in [1.29, 1.82) is 0 Å². The first-order chi connectivity index (χ1) is 15.5. The maximum absolute atomic E-state index is 6.18. The molecule has 1 aliphatic heterocycles.